The predicted octanol–water partition coefficient (Wildman–Crippen LogP) is 3.00. The van der Waals surface area contributed by atoms with Gasteiger partial charge in [-0.05, 0) is 43.5 Å². The number of ether oxygens (including phenoxy) is 1. The number of aliphatic carboxylic acids is 1. The van der Waals surface area contributed by atoms with E-state index in [0.717, 1.165) is 11.4 Å². The zero-order valence-corrected chi connectivity index (χ0v) is 11.4. The van der Waals surface area contributed by atoms with Crippen LogP contribution in [0.25, 0.3) is 0 Å². The number of nitrogens with one attached hydrogen (secondary N) is 1. The Morgan fingerprint density at radius 3 is 2.33 bits per heavy atom. The quantitative estimate of drug-likeness (QED) is 0.816. The molecule has 1 unspecified atom stereocenters. The van der Waals surface area contributed by atoms with Gasteiger partial charge in [0.2, 0.25) is 0 Å². The van der Waals surface area contributed by atoms with Crippen molar-refractivity contribution in [2.24, 2.45) is 5.92 Å². The van der Waals surface area contributed by atoms with Crippen molar-refractivity contribution < 1.29 is 14.6 Å². The van der Waals surface area contributed by atoms with Crippen molar-refractivity contribution in [3.63, 3.8) is 0 Å². The molecule has 1 rings (SSSR count). The molecule has 0 spiro atoms. The molecule has 0 saturated heterocycles. The topological polar surface area (TPSA) is 58.6 Å². The van der Waals surface area contributed by atoms with E-state index in [2.05, 4.69) is 5.32 Å². The van der Waals surface area contributed by atoms with Gasteiger partial charge in [0.05, 0.1) is 7.11 Å². The minimum absolute atomic E-state index is 0.303. The smallest absolute Gasteiger partial charge is 0.329 e. The Balaban J connectivity index is 2.85. The van der Waals surface area contributed by atoms with Gasteiger partial charge in [0.25, 0.3) is 0 Å². The van der Waals surface area contributed by atoms with Crippen LogP contribution < -0.4 is 10.1 Å². The third kappa shape index (κ3) is 3.65. The highest BCUT2D eigenvalue weighted by atomic mass is 16.5. The van der Waals surface area contributed by atoms with Gasteiger partial charge in [0.15, 0.2) is 0 Å². The second kappa shape index (κ2) is 5.76. The van der Waals surface area contributed by atoms with Crippen LogP contribution in [0.4, 0.5) is 5.69 Å². The van der Waals surface area contributed by atoms with Crippen molar-refractivity contribution in [2.45, 2.75) is 32.7 Å². The molecule has 0 saturated carbocycles. The summed E-state index contributed by atoms with van der Waals surface area (Å²) in [5.74, 6) is 0.213. The Hall–Kier alpha value is -1.71. The summed E-state index contributed by atoms with van der Waals surface area (Å²) in [4.78, 5) is 11.4. The molecule has 0 radical (unpaired) electrons. The van der Waals surface area contributed by atoms with Crippen LogP contribution in [-0.4, -0.2) is 23.7 Å². The van der Waals surface area contributed by atoms with Crippen LogP contribution in [0, 0.1) is 5.92 Å². The summed E-state index contributed by atoms with van der Waals surface area (Å²) in [6.45, 7) is 5.73. The molecule has 0 bridgehead atoms. The van der Waals surface area contributed by atoms with Gasteiger partial charge in [-0.1, -0.05) is 13.8 Å². The van der Waals surface area contributed by atoms with Crippen LogP contribution in [0.5, 0.6) is 5.75 Å². The van der Waals surface area contributed by atoms with Crippen molar-refractivity contribution in [1.29, 1.82) is 0 Å². The lowest BCUT2D eigenvalue weighted by atomic mass is 9.90. The van der Waals surface area contributed by atoms with Gasteiger partial charge in [-0.25, -0.2) is 4.79 Å². The SMILES string of the molecule is COc1ccc(NC(C)(CC(C)C)C(=O)O)cc1. The Bertz CT molecular complexity index is 400. The minimum atomic E-state index is -0.956. The molecule has 2 N–H and O–H groups in total. The van der Waals surface area contributed by atoms with Crippen LogP contribution in [-0.2, 0) is 4.79 Å². The predicted molar refractivity (Wildman–Crippen MR) is 72.1 cm³/mol. The van der Waals surface area contributed by atoms with Crippen LogP contribution in [0.1, 0.15) is 27.2 Å². The molecule has 0 aliphatic rings. The van der Waals surface area contributed by atoms with Crippen molar-refractivity contribution in [3.05, 3.63) is 24.3 Å². The fourth-order valence-electron chi connectivity index (χ4n) is 2.00. The van der Waals surface area contributed by atoms with Crippen LogP contribution in [0.15, 0.2) is 24.3 Å². The number of hydrogen-bond acceptors (Lipinski definition) is 3. The summed E-state index contributed by atoms with van der Waals surface area (Å²) < 4.78 is 5.07. The summed E-state index contributed by atoms with van der Waals surface area (Å²) in [6.07, 6.45) is 0.564. The maximum atomic E-state index is 11.4. The molecule has 4 heteroatoms. The van der Waals surface area contributed by atoms with Crippen LogP contribution in [0.2, 0.25) is 0 Å². The molecular formula is C14H21NO3. The average Bonchev–Trinajstić information content (AvgIpc) is 2.28. The summed E-state index contributed by atoms with van der Waals surface area (Å²) in [6, 6.07) is 7.25. The maximum Gasteiger partial charge on any atom is 0.329 e. The van der Waals surface area contributed by atoms with Gasteiger partial charge in [-0.3, -0.25) is 0 Å². The average molecular weight is 251 g/mol. The first kappa shape index (κ1) is 14.4. The van der Waals surface area contributed by atoms with Crippen LogP contribution >= 0.6 is 0 Å². The zero-order valence-electron chi connectivity index (χ0n) is 11.4. The standard InChI is InChI=1S/C14H21NO3/c1-10(2)9-14(3,13(16)17)15-11-5-7-12(18-4)8-6-11/h5-8,10,15H,9H2,1-4H3,(H,16,17). The van der Waals surface area contributed by atoms with E-state index in [-0.39, 0.29) is 0 Å². The highest BCUT2D eigenvalue weighted by Crippen LogP contribution is 2.24. The van der Waals surface area contributed by atoms with Crippen molar-refractivity contribution >= 4 is 11.7 Å². The molecule has 1 aromatic carbocycles. The molecule has 0 aliphatic heterocycles. The molecular weight excluding hydrogens is 230 g/mol. The largest absolute Gasteiger partial charge is 0.497 e. The number of hydrogen-bond donors (Lipinski definition) is 2. The number of carboxylic acid groups (broad SMARTS) is 1. The minimum Gasteiger partial charge on any atom is -0.497 e. The van der Waals surface area contributed by atoms with Crippen LogP contribution in [0.3, 0.4) is 0 Å². The lowest BCUT2D eigenvalue weighted by molar-refractivity contribution is -0.142. The molecule has 1 atom stereocenters. The van der Waals surface area contributed by atoms with E-state index in [1.165, 1.54) is 0 Å². The lowest BCUT2D eigenvalue weighted by Crippen LogP contribution is -2.44. The molecule has 1 aromatic rings. The molecule has 18 heavy (non-hydrogen) atoms. The number of anilines is 1. The third-order valence-electron chi connectivity index (χ3n) is 2.80. The number of rotatable bonds is 6. The van der Waals surface area contributed by atoms with E-state index in [4.69, 9.17) is 4.74 Å². The van der Waals surface area contributed by atoms with Crippen molar-refractivity contribution in [3.8, 4) is 5.75 Å². The second-order valence-corrected chi connectivity index (χ2v) is 5.09. The molecule has 0 fully saturated rings. The number of carboxylic acids is 1. The third-order valence-corrected chi connectivity index (χ3v) is 2.80. The molecule has 100 valence electrons. The van der Waals surface area contributed by atoms with E-state index in [1.807, 2.05) is 26.0 Å². The normalized spacial score (nSPS) is 14.1. The molecule has 0 aliphatic carbocycles. The first-order chi connectivity index (χ1) is 8.37. The zero-order chi connectivity index (χ0) is 13.8. The molecule has 4 nitrogen and oxygen atoms in total. The number of methoxy groups -OCH3 is 1. The monoisotopic (exact) mass is 251 g/mol. The highest BCUT2D eigenvalue weighted by Gasteiger charge is 2.33. The summed E-state index contributed by atoms with van der Waals surface area (Å²) in [5.41, 5.74) is -0.177. The summed E-state index contributed by atoms with van der Waals surface area (Å²) in [7, 11) is 1.60. The molecule has 0 heterocycles. The van der Waals surface area contributed by atoms with Gasteiger partial charge in [0, 0.05) is 5.69 Å². The summed E-state index contributed by atoms with van der Waals surface area (Å²) >= 11 is 0. The second-order valence-electron chi connectivity index (χ2n) is 5.09. The molecule has 0 aromatic heterocycles. The Morgan fingerprint density at radius 1 is 1.39 bits per heavy atom. The van der Waals surface area contributed by atoms with Gasteiger partial charge in [-0.2, -0.15) is 0 Å². The fourth-order valence-corrected chi connectivity index (χ4v) is 2.00. The number of benzene rings is 1. The Morgan fingerprint density at radius 2 is 1.94 bits per heavy atom. The number of carbonyl (C=O) groups is 1. The van der Waals surface area contributed by atoms with E-state index in [1.54, 1.807) is 26.2 Å². The van der Waals surface area contributed by atoms with E-state index < -0.39 is 11.5 Å². The van der Waals surface area contributed by atoms with Gasteiger partial charge >= 0.3 is 5.97 Å². The van der Waals surface area contributed by atoms with E-state index in [0.29, 0.717) is 12.3 Å². The fraction of sp³-hybridized carbons (Fsp3) is 0.500. The van der Waals surface area contributed by atoms with E-state index >= 15 is 0 Å². The van der Waals surface area contributed by atoms with Gasteiger partial charge in [-0.15, -0.1) is 0 Å². The first-order valence-corrected chi connectivity index (χ1v) is 6.03. The van der Waals surface area contributed by atoms with E-state index in [9.17, 15) is 9.90 Å². The van der Waals surface area contributed by atoms with Gasteiger partial charge < -0.3 is 15.2 Å². The Labute approximate surface area is 108 Å². The maximum absolute atomic E-state index is 11.4. The lowest BCUT2D eigenvalue weighted by Gasteiger charge is -2.29. The first-order valence-electron chi connectivity index (χ1n) is 6.03. The van der Waals surface area contributed by atoms with Crippen molar-refractivity contribution in [2.75, 3.05) is 12.4 Å². The highest BCUT2D eigenvalue weighted by molar-refractivity contribution is 5.82. The van der Waals surface area contributed by atoms with Gasteiger partial charge in [0.1, 0.15) is 11.3 Å². The van der Waals surface area contributed by atoms with Crippen molar-refractivity contribution in [1.82, 2.24) is 0 Å². The summed E-state index contributed by atoms with van der Waals surface area (Å²) in [5, 5.41) is 12.4. The molecule has 0 amide bonds. The Kier molecular flexibility index (Phi) is 4.59.